The number of carbonyl (C=O) groups is 1. The number of pyridine rings is 1. The number of hydrogen-bond donors (Lipinski definition) is 0. The Morgan fingerprint density at radius 2 is 1.59 bits per heavy atom. The van der Waals surface area contributed by atoms with Crippen LogP contribution in [0.15, 0.2) is 48.8 Å². The van der Waals surface area contributed by atoms with E-state index in [9.17, 15) is 9.18 Å². The Labute approximate surface area is 131 Å². The van der Waals surface area contributed by atoms with E-state index < -0.39 is 0 Å². The van der Waals surface area contributed by atoms with E-state index in [-0.39, 0.29) is 11.6 Å². The van der Waals surface area contributed by atoms with Crippen molar-refractivity contribution in [3.63, 3.8) is 0 Å². The summed E-state index contributed by atoms with van der Waals surface area (Å²) in [6.07, 6.45) is 4.86. The van der Waals surface area contributed by atoms with Crippen LogP contribution >= 0.6 is 11.3 Å². The quantitative estimate of drug-likeness (QED) is 0.684. The average molecular weight is 309 g/mol. The van der Waals surface area contributed by atoms with Crippen molar-refractivity contribution >= 4 is 17.1 Å². The van der Waals surface area contributed by atoms with Crippen LogP contribution in [0.3, 0.4) is 0 Å². The summed E-state index contributed by atoms with van der Waals surface area (Å²) in [4.78, 5) is 18.4. The molecule has 108 valence electrons. The molecule has 1 aliphatic carbocycles. The van der Waals surface area contributed by atoms with Crippen molar-refractivity contribution in [3.8, 4) is 20.9 Å². The van der Waals surface area contributed by atoms with Gasteiger partial charge in [-0.1, -0.05) is 12.1 Å². The molecule has 2 nitrogen and oxygen atoms in total. The number of Topliss-reactive ketones (excluding diaryl/α,β-unsaturated/α-hetero) is 1. The first kappa shape index (κ1) is 13.3. The normalized spacial score (nSPS) is 13.4. The molecule has 0 bridgehead atoms. The molecule has 0 amide bonds. The molecule has 3 aromatic rings. The van der Waals surface area contributed by atoms with E-state index in [0.717, 1.165) is 38.4 Å². The predicted octanol–water partition coefficient (Wildman–Crippen LogP) is 4.75. The van der Waals surface area contributed by atoms with Crippen LogP contribution < -0.4 is 0 Å². The molecular formula is C18H12FNOS. The van der Waals surface area contributed by atoms with Crippen LogP contribution in [0.2, 0.25) is 0 Å². The minimum Gasteiger partial charge on any atom is -0.294 e. The van der Waals surface area contributed by atoms with E-state index in [1.807, 2.05) is 12.1 Å². The van der Waals surface area contributed by atoms with E-state index >= 15 is 0 Å². The van der Waals surface area contributed by atoms with Crippen molar-refractivity contribution in [2.24, 2.45) is 0 Å². The molecule has 22 heavy (non-hydrogen) atoms. The Balaban J connectivity index is 1.93. The maximum atomic E-state index is 13.2. The van der Waals surface area contributed by atoms with Crippen molar-refractivity contribution in [1.29, 1.82) is 0 Å². The van der Waals surface area contributed by atoms with Gasteiger partial charge in [-0.25, -0.2) is 4.39 Å². The number of thiophene rings is 1. The Morgan fingerprint density at radius 3 is 2.32 bits per heavy atom. The van der Waals surface area contributed by atoms with Crippen molar-refractivity contribution in [2.45, 2.75) is 12.8 Å². The van der Waals surface area contributed by atoms with Crippen molar-refractivity contribution in [2.75, 3.05) is 0 Å². The highest BCUT2D eigenvalue weighted by Crippen LogP contribution is 2.45. The highest BCUT2D eigenvalue weighted by atomic mass is 32.1. The van der Waals surface area contributed by atoms with Gasteiger partial charge in [0.05, 0.1) is 0 Å². The van der Waals surface area contributed by atoms with Crippen LogP contribution in [0.5, 0.6) is 0 Å². The molecule has 4 rings (SSSR count). The Bertz CT molecular complexity index is 853. The van der Waals surface area contributed by atoms with Gasteiger partial charge in [-0.2, -0.15) is 0 Å². The molecule has 1 aromatic carbocycles. The van der Waals surface area contributed by atoms with Crippen LogP contribution in [-0.4, -0.2) is 10.8 Å². The lowest BCUT2D eigenvalue weighted by atomic mass is 10.0. The molecule has 0 unspecified atom stereocenters. The van der Waals surface area contributed by atoms with Gasteiger partial charge in [0, 0.05) is 34.1 Å². The molecule has 0 saturated carbocycles. The number of ketones is 1. The number of rotatable bonds is 2. The SMILES string of the molecule is O=C1CCc2c(-c3ccncc3)sc(-c3ccc(F)cc3)c21. The van der Waals surface area contributed by atoms with Gasteiger partial charge in [0.1, 0.15) is 5.82 Å². The fourth-order valence-electron chi connectivity index (χ4n) is 2.90. The van der Waals surface area contributed by atoms with Gasteiger partial charge in [0.25, 0.3) is 0 Å². The zero-order valence-corrected chi connectivity index (χ0v) is 12.5. The largest absolute Gasteiger partial charge is 0.294 e. The summed E-state index contributed by atoms with van der Waals surface area (Å²) in [5, 5.41) is 0. The summed E-state index contributed by atoms with van der Waals surface area (Å²) in [6.45, 7) is 0. The summed E-state index contributed by atoms with van der Waals surface area (Å²) >= 11 is 1.61. The third-order valence-electron chi connectivity index (χ3n) is 3.94. The zero-order valence-electron chi connectivity index (χ0n) is 11.7. The van der Waals surface area contributed by atoms with Crippen LogP contribution in [0.25, 0.3) is 20.9 Å². The number of fused-ring (bicyclic) bond motifs is 1. The van der Waals surface area contributed by atoms with Crippen LogP contribution in [0.4, 0.5) is 4.39 Å². The van der Waals surface area contributed by atoms with Gasteiger partial charge in [0.15, 0.2) is 5.78 Å². The highest BCUT2D eigenvalue weighted by Gasteiger charge is 2.29. The topological polar surface area (TPSA) is 30.0 Å². The second kappa shape index (κ2) is 5.14. The third kappa shape index (κ3) is 2.07. The molecule has 1 aliphatic rings. The molecule has 0 fully saturated rings. The van der Waals surface area contributed by atoms with Crippen molar-refractivity contribution < 1.29 is 9.18 Å². The van der Waals surface area contributed by atoms with Gasteiger partial charge >= 0.3 is 0 Å². The lowest BCUT2D eigenvalue weighted by Crippen LogP contribution is -1.91. The molecule has 2 aromatic heterocycles. The van der Waals surface area contributed by atoms with Gasteiger partial charge in [-0.05, 0) is 47.4 Å². The maximum absolute atomic E-state index is 13.2. The summed E-state index contributed by atoms with van der Waals surface area (Å²) in [7, 11) is 0. The molecule has 2 heterocycles. The van der Waals surface area contributed by atoms with Crippen LogP contribution in [0, 0.1) is 5.82 Å². The first-order chi connectivity index (χ1) is 10.7. The van der Waals surface area contributed by atoms with Gasteiger partial charge in [-0.15, -0.1) is 11.3 Å². The molecular weight excluding hydrogens is 297 g/mol. The average Bonchev–Trinajstić information content (AvgIpc) is 3.10. The lowest BCUT2D eigenvalue weighted by Gasteiger charge is -2.00. The summed E-state index contributed by atoms with van der Waals surface area (Å²) in [6, 6.07) is 10.3. The fraction of sp³-hybridized carbons (Fsp3) is 0.111. The van der Waals surface area contributed by atoms with E-state index in [1.54, 1.807) is 35.9 Å². The smallest absolute Gasteiger partial charge is 0.164 e. The molecule has 0 saturated heterocycles. The minimum absolute atomic E-state index is 0.186. The fourth-order valence-corrected chi connectivity index (χ4v) is 4.28. The number of benzene rings is 1. The van der Waals surface area contributed by atoms with Crippen molar-refractivity contribution in [1.82, 2.24) is 4.98 Å². The van der Waals surface area contributed by atoms with Crippen LogP contribution in [0.1, 0.15) is 22.3 Å². The van der Waals surface area contributed by atoms with E-state index in [0.29, 0.717) is 6.42 Å². The Kier molecular flexibility index (Phi) is 3.12. The maximum Gasteiger partial charge on any atom is 0.164 e. The zero-order chi connectivity index (χ0) is 15.1. The summed E-state index contributed by atoms with van der Waals surface area (Å²) < 4.78 is 13.2. The van der Waals surface area contributed by atoms with E-state index in [1.165, 1.54) is 12.1 Å². The molecule has 0 radical (unpaired) electrons. The number of nitrogens with zero attached hydrogens (tertiary/aromatic N) is 1. The van der Waals surface area contributed by atoms with Crippen molar-refractivity contribution in [3.05, 3.63) is 65.7 Å². The summed E-state index contributed by atoms with van der Waals surface area (Å²) in [5.41, 5.74) is 3.93. The number of aromatic nitrogens is 1. The lowest BCUT2D eigenvalue weighted by molar-refractivity contribution is 0.0995. The van der Waals surface area contributed by atoms with Gasteiger partial charge in [0.2, 0.25) is 0 Å². The summed E-state index contributed by atoms with van der Waals surface area (Å²) in [5.74, 6) is -0.0801. The molecule has 0 spiro atoms. The third-order valence-corrected chi connectivity index (χ3v) is 5.27. The van der Waals surface area contributed by atoms with E-state index in [2.05, 4.69) is 4.98 Å². The monoisotopic (exact) mass is 309 g/mol. The highest BCUT2D eigenvalue weighted by molar-refractivity contribution is 7.19. The van der Waals surface area contributed by atoms with Gasteiger partial charge < -0.3 is 0 Å². The standard InChI is InChI=1S/C18H12FNOS/c19-13-3-1-11(2-4-13)18-16-14(5-6-15(16)21)17(22-18)12-7-9-20-10-8-12/h1-4,7-10H,5-6H2. The molecule has 0 atom stereocenters. The minimum atomic E-state index is -0.266. The predicted molar refractivity (Wildman–Crippen MR) is 85.6 cm³/mol. The Morgan fingerprint density at radius 1 is 0.909 bits per heavy atom. The first-order valence-corrected chi connectivity index (χ1v) is 7.91. The second-order valence-electron chi connectivity index (χ2n) is 5.28. The second-order valence-corrected chi connectivity index (χ2v) is 6.30. The van der Waals surface area contributed by atoms with Gasteiger partial charge in [-0.3, -0.25) is 9.78 Å². The number of hydrogen-bond acceptors (Lipinski definition) is 3. The van der Waals surface area contributed by atoms with E-state index in [4.69, 9.17) is 0 Å². The molecule has 0 aliphatic heterocycles. The van der Waals surface area contributed by atoms with Crippen LogP contribution in [-0.2, 0) is 6.42 Å². The molecule has 4 heteroatoms. The molecule has 0 N–H and O–H groups in total. The number of halogens is 1. The Hall–Kier alpha value is -2.33. The first-order valence-electron chi connectivity index (χ1n) is 7.09. The number of carbonyl (C=O) groups excluding carboxylic acids is 1.